The Labute approximate surface area is 212 Å². The molecule has 0 aromatic heterocycles. The Morgan fingerprint density at radius 2 is 1.14 bits per heavy atom. The van der Waals surface area contributed by atoms with Crippen LogP contribution in [0.5, 0.6) is 0 Å². The predicted octanol–water partition coefficient (Wildman–Crippen LogP) is 2.60. The third-order valence-electron chi connectivity index (χ3n) is 5.09. The first-order valence-corrected chi connectivity index (χ1v) is 11.1. The minimum absolute atomic E-state index is 0.0350. The number of nitrogens with one attached hydrogen (secondary N) is 2. The van der Waals surface area contributed by atoms with E-state index in [1.807, 2.05) is 5.43 Å². The number of aryl methyl sites for hydroxylation is 2. The smallest absolute Gasteiger partial charge is 0.349 e. The second kappa shape index (κ2) is 12.1. The molecule has 0 unspecified atom stereocenters. The molecule has 0 radical (unpaired) electrons. The van der Waals surface area contributed by atoms with Gasteiger partial charge in [-0.05, 0) is 50.2 Å². The number of hydrogen-bond acceptors (Lipinski definition) is 7. The van der Waals surface area contributed by atoms with E-state index in [4.69, 9.17) is 9.47 Å². The molecule has 0 fully saturated rings. The number of ether oxygens (including phenoxy) is 2. The van der Waals surface area contributed by atoms with Crippen molar-refractivity contribution in [2.45, 2.75) is 26.1 Å². The van der Waals surface area contributed by atoms with Crippen LogP contribution in [0.2, 0.25) is 0 Å². The van der Waals surface area contributed by atoms with E-state index in [2.05, 4.69) is 5.43 Å². The Morgan fingerprint density at radius 1 is 0.649 bits per heavy atom. The minimum atomic E-state index is -2.23. The molecular weight excluding hydrogens is 480 g/mol. The standard InChI is InChI=1S/C27H24N2O8/c1-16-8-6-12-19(14-16)26(34)36-21(24(31)29-28-23(30)18-10-4-3-5-11-18)22(25(32)33)37-27(35)20-13-7-9-17(2)15-20/h3-15,21-22H,1-2H3,(H,28,30)(H,29,31)(H,32,33)/t21-,22-/m0/s1. The fourth-order valence-corrected chi connectivity index (χ4v) is 3.26. The molecule has 190 valence electrons. The molecular formula is C27H24N2O8. The lowest BCUT2D eigenvalue weighted by atomic mass is 10.1. The zero-order valence-corrected chi connectivity index (χ0v) is 20.0. The average Bonchev–Trinajstić information content (AvgIpc) is 2.89. The number of hydrogen-bond donors (Lipinski definition) is 3. The van der Waals surface area contributed by atoms with Gasteiger partial charge in [0, 0.05) is 5.56 Å². The summed E-state index contributed by atoms with van der Waals surface area (Å²) in [6, 6.07) is 20.2. The molecule has 2 atom stereocenters. The van der Waals surface area contributed by atoms with E-state index in [-0.39, 0.29) is 16.7 Å². The van der Waals surface area contributed by atoms with E-state index in [1.54, 1.807) is 56.3 Å². The highest BCUT2D eigenvalue weighted by Crippen LogP contribution is 2.15. The summed E-state index contributed by atoms with van der Waals surface area (Å²) in [4.78, 5) is 62.8. The van der Waals surface area contributed by atoms with Crippen LogP contribution in [0.25, 0.3) is 0 Å². The third kappa shape index (κ3) is 7.25. The van der Waals surface area contributed by atoms with Crippen molar-refractivity contribution in [1.82, 2.24) is 10.9 Å². The van der Waals surface area contributed by atoms with Gasteiger partial charge in [0.1, 0.15) is 0 Å². The quantitative estimate of drug-likeness (QED) is 0.313. The third-order valence-corrected chi connectivity index (χ3v) is 5.09. The van der Waals surface area contributed by atoms with Crippen molar-refractivity contribution in [3.8, 4) is 0 Å². The first kappa shape index (κ1) is 26.6. The average molecular weight is 504 g/mol. The van der Waals surface area contributed by atoms with Gasteiger partial charge in [-0.15, -0.1) is 0 Å². The summed E-state index contributed by atoms with van der Waals surface area (Å²) < 4.78 is 10.3. The Balaban J connectivity index is 1.85. The molecule has 3 aromatic carbocycles. The van der Waals surface area contributed by atoms with E-state index >= 15 is 0 Å². The summed E-state index contributed by atoms with van der Waals surface area (Å²) in [6.07, 6.45) is -4.37. The van der Waals surface area contributed by atoms with Gasteiger partial charge in [0.05, 0.1) is 11.1 Å². The normalized spacial score (nSPS) is 11.9. The van der Waals surface area contributed by atoms with Crippen LogP contribution in [0.4, 0.5) is 0 Å². The number of carbonyl (C=O) groups is 5. The van der Waals surface area contributed by atoms with Crippen molar-refractivity contribution >= 4 is 29.7 Å². The lowest BCUT2D eigenvalue weighted by Crippen LogP contribution is -2.54. The van der Waals surface area contributed by atoms with Crippen LogP contribution < -0.4 is 10.9 Å². The molecule has 0 bridgehead atoms. The largest absolute Gasteiger partial charge is 0.478 e. The molecule has 10 heteroatoms. The van der Waals surface area contributed by atoms with Crippen molar-refractivity contribution in [3.05, 3.63) is 107 Å². The molecule has 2 amide bonds. The first-order valence-electron chi connectivity index (χ1n) is 11.1. The summed E-state index contributed by atoms with van der Waals surface area (Å²) in [5, 5.41) is 9.79. The molecule has 3 rings (SSSR count). The van der Waals surface area contributed by atoms with Gasteiger partial charge in [-0.3, -0.25) is 20.4 Å². The Kier molecular flexibility index (Phi) is 8.71. The summed E-state index contributed by atoms with van der Waals surface area (Å²) in [5.41, 5.74) is 5.87. The molecule has 3 aromatic rings. The maximum atomic E-state index is 13.0. The number of benzene rings is 3. The zero-order valence-electron chi connectivity index (χ0n) is 20.0. The monoisotopic (exact) mass is 504 g/mol. The molecule has 10 nitrogen and oxygen atoms in total. The zero-order chi connectivity index (χ0) is 26.9. The van der Waals surface area contributed by atoms with Gasteiger partial charge >= 0.3 is 17.9 Å². The van der Waals surface area contributed by atoms with Crippen LogP contribution in [0.3, 0.4) is 0 Å². The molecule has 0 aliphatic carbocycles. The number of carboxylic acids is 1. The van der Waals surface area contributed by atoms with E-state index in [0.29, 0.717) is 11.1 Å². The number of hydrazine groups is 1. The molecule has 0 aliphatic heterocycles. The topological polar surface area (TPSA) is 148 Å². The molecule has 3 N–H and O–H groups in total. The maximum Gasteiger partial charge on any atom is 0.349 e. The van der Waals surface area contributed by atoms with Crippen molar-refractivity contribution in [3.63, 3.8) is 0 Å². The summed E-state index contributed by atoms with van der Waals surface area (Å²) in [6.45, 7) is 3.45. The lowest BCUT2D eigenvalue weighted by Gasteiger charge is -2.23. The van der Waals surface area contributed by atoms with Gasteiger partial charge < -0.3 is 14.6 Å². The van der Waals surface area contributed by atoms with Crippen molar-refractivity contribution in [2.75, 3.05) is 0 Å². The Morgan fingerprint density at radius 3 is 1.62 bits per heavy atom. The second-order valence-electron chi connectivity index (χ2n) is 8.04. The minimum Gasteiger partial charge on any atom is -0.478 e. The van der Waals surface area contributed by atoms with E-state index < -0.39 is 41.9 Å². The number of carboxylic acid groups (broad SMARTS) is 1. The lowest BCUT2D eigenvalue weighted by molar-refractivity contribution is -0.159. The van der Waals surface area contributed by atoms with Gasteiger partial charge in [-0.1, -0.05) is 53.6 Å². The SMILES string of the molecule is Cc1cccc(C(=O)O[C@H](C(=O)O)[C@H](OC(=O)c2cccc(C)c2)C(=O)NNC(=O)c2ccccc2)c1. The Hall–Kier alpha value is -4.99. The Bertz CT molecular complexity index is 1320. The predicted molar refractivity (Wildman–Crippen MR) is 130 cm³/mol. The van der Waals surface area contributed by atoms with Gasteiger partial charge in [0.15, 0.2) is 0 Å². The van der Waals surface area contributed by atoms with E-state index in [1.165, 1.54) is 36.4 Å². The van der Waals surface area contributed by atoms with Gasteiger partial charge in [-0.2, -0.15) is 0 Å². The summed E-state index contributed by atoms with van der Waals surface area (Å²) >= 11 is 0. The molecule has 0 heterocycles. The number of amides is 2. The fraction of sp³-hybridized carbons (Fsp3) is 0.148. The van der Waals surface area contributed by atoms with Crippen LogP contribution in [0, 0.1) is 13.8 Å². The van der Waals surface area contributed by atoms with Crippen LogP contribution in [0.15, 0.2) is 78.9 Å². The molecule has 0 aliphatic rings. The molecule has 0 saturated carbocycles. The van der Waals surface area contributed by atoms with E-state index in [0.717, 1.165) is 0 Å². The van der Waals surface area contributed by atoms with Crippen LogP contribution in [0.1, 0.15) is 42.2 Å². The van der Waals surface area contributed by atoms with E-state index in [9.17, 15) is 29.1 Å². The number of aliphatic carboxylic acids is 1. The number of esters is 2. The van der Waals surface area contributed by atoms with Crippen molar-refractivity contribution < 1.29 is 38.6 Å². The van der Waals surface area contributed by atoms with Crippen LogP contribution in [-0.4, -0.2) is 47.0 Å². The first-order chi connectivity index (χ1) is 17.7. The number of carbonyl (C=O) groups excluding carboxylic acids is 4. The maximum absolute atomic E-state index is 13.0. The molecule has 0 spiro atoms. The van der Waals surface area contributed by atoms with Gasteiger partial charge in [0.25, 0.3) is 11.8 Å². The highest BCUT2D eigenvalue weighted by Gasteiger charge is 2.41. The van der Waals surface area contributed by atoms with Gasteiger partial charge in [0.2, 0.25) is 12.2 Å². The molecule has 37 heavy (non-hydrogen) atoms. The summed E-state index contributed by atoms with van der Waals surface area (Å²) in [7, 11) is 0. The molecule has 0 saturated heterocycles. The van der Waals surface area contributed by atoms with Gasteiger partial charge in [-0.25, -0.2) is 14.4 Å². The van der Waals surface area contributed by atoms with Crippen LogP contribution >= 0.6 is 0 Å². The second-order valence-corrected chi connectivity index (χ2v) is 8.04. The fourth-order valence-electron chi connectivity index (χ4n) is 3.26. The van der Waals surface area contributed by atoms with Crippen molar-refractivity contribution in [2.24, 2.45) is 0 Å². The summed E-state index contributed by atoms with van der Waals surface area (Å²) in [5.74, 6) is -5.76. The van der Waals surface area contributed by atoms with Crippen molar-refractivity contribution in [1.29, 1.82) is 0 Å². The highest BCUT2D eigenvalue weighted by molar-refractivity contribution is 5.99. The highest BCUT2D eigenvalue weighted by atomic mass is 16.6. The van der Waals surface area contributed by atoms with Crippen LogP contribution in [-0.2, 0) is 19.1 Å². The number of rotatable bonds is 8.